The van der Waals surface area contributed by atoms with Gasteiger partial charge in [-0.3, -0.25) is 4.79 Å². The molecule has 1 aliphatic rings. The third-order valence-corrected chi connectivity index (χ3v) is 2.79. The molecule has 0 saturated heterocycles. The Morgan fingerprint density at radius 3 is 2.88 bits per heavy atom. The molecule has 0 saturated carbocycles. The number of hydrogen-bond donors (Lipinski definition) is 2. The Balaban J connectivity index is 2.23. The van der Waals surface area contributed by atoms with Gasteiger partial charge in [0.15, 0.2) is 0 Å². The minimum absolute atomic E-state index is 0.00100. The van der Waals surface area contributed by atoms with Crippen molar-refractivity contribution < 1.29 is 9.18 Å². The van der Waals surface area contributed by atoms with E-state index in [1.807, 2.05) is 0 Å². The molecule has 4 heteroatoms. The minimum atomic E-state index is -0.249. The highest BCUT2D eigenvalue weighted by atomic mass is 19.1. The van der Waals surface area contributed by atoms with E-state index in [2.05, 4.69) is 24.5 Å². The van der Waals surface area contributed by atoms with Gasteiger partial charge >= 0.3 is 0 Å². The van der Waals surface area contributed by atoms with Gasteiger partial charge in [0, 0.05) is 18.7 Å². The molecule has 1 heterocycles. The van der Waals surface area contributed by atoms with Crippen molar-refractivity contribution in [1.29, 1.82) is 0 Å². The summed E-state index contributed by atoms with van der Waals surface area (Å²) in [7, 11) is 0. The summed E-state index contributed by atoms with van der Waals surface area (Å²) in [5.41, 5.74) is 2.06. The van der Waals surface area contributed by atoms with Crippen LogP contribution in [0.15, 0.2) is 12.1 Å². The van der Waals surface area contributed by atoms with Crippen LogP contribution in [-0.2, 0) is 11.2 Å². The number of carbonyl (C=O) groups excluding carboxylic acids is 1. The second kappa shape index (κ2) is 4.73. The first-order valence-corrected chi connectivity index (χ1v) is 5.92. The maximum absolute atomic E-state index is 13.7. The standard InChI is InChI=1S/C13H17FN2O/c1-8(2)7-15-12-6-11-9(5-10(12)14)3-4-13(17)16-11/h5-6,8,15H,3-4,7H2,1-2H3,(H,16,17). The average Bonchev–Trinajstić information content (AvgIpc) is 2.26. The molecule has 0 radical (unpaired) electrons. The van der Waals surface area contributed by atoms with Crippen LogP contribution in [0.5, 0.6) is 0 Å². The van der Waals surface area contributed by atoms with E-state index in [9.17, 15) is 9.18 Å². The second-order valence-electron chi connectivity index (χ2n) is 4.81. The Morgan fingerprint density at radius 1 is 1.41 bits per heavy atom. The largest absolute Gasteiger partial charge is 0.382 e. The fraction of sp³-hybridized carbons (Fsp3) is 0.462. The monoisotopic (exact) mass is 236 g/mol. The van der Waals surface area contributed by atoms with Crippen molar-refractivity contribution in [2.24, 2.45) is 5.92 Å². The molecule has 17 heavy (non-hydrogen) atoms. The number of fused-ring (bicyclic) bond motifs is 1. The predicted molar refractivity (Wildman–Crippen MR) is 66.7 cm³/mol. The lowest BCUT2D eigenvalue weighted by Crippen LogP contribution is -2.20. The summed E-state index contributed by atoms with van der Waals surface area (Å²) in [6, 6.07) is 3.20. The number of nitrogens with one attached hydrogen (secondary N) is 2. The van der Waals surface area contributed by atoms with Crippen molar-refractivity contribution in [1.82, 2.24) is 0 Å². The Hall–Kier alpha value is -1.58. The molecule has 1 amide bonds. The van der Waals surface area contributed by atoms with Crippen molar-refractivity contribution in [3.05, 3.63) is 23.5 Å². The van der Waals surface area contributed by atoms with Gasteiger partial charge in [0.25, 0.3) is 0 Å². The molecule has 0 unspecified atom stereocenters. The van der Waals surface area contributed by atoms with Crippen molar-refractivity contribution in [2.45, 2.75) is 26.7 Å². The quantitative estimate of drug-likeness (QED) is 0.847. The number of amides is 1. The van der Waals surface area contributed by atoms with Gasteiger partial charge < -0.3 is 10.6 Å². The van der Waals surface area contributed by atoms with Crippen LogP contribution in [0.4, 0.5) is 15.8 Å². The van der Waals surface area contributed by atoms with Crippen LogP contribution in [0.1, 0.15) is 25.8 Å². The molecule has 0 bridgehead atoms. The normalized spacial score (nSPS) is 14.5. The van der Waals surface area contributed by atoms with E-state index in [0.717, 1.165) is 11.3 Å². The summed E-state index contributed by atoms with van der Waals surface area (Å²) < 4.78 is 13.7. The SMILES string of the molecule is CC(C)CNc1cc2c(cc1F)CCC(=O)N2. The molecule has 2 rings (SSSR count). The summed E-state index contributed by atoms with van der Waals surface area (Å²) in [6.07, 6.45) is 1.05. The molecule has 1 aromatic carbocycles. The van der Waals surface area contributed by atoms with Crippen LogP contribution < -0.4 is 10.6 Å². The minimum Gasteiger partial charge on any atom is -0.382 e. The molecular weight excluding hydrogens is 219 g/mol. The average molecular weight is 236 g/mol. The lowest BCUT2D eigenvalue weighted by atomic mass is 10.0. The van der Waals surface area contributed by atoms with Crippen LogP contribution >= 0.6 is 0 Å². The fourth-order valence-electron chi connectivity index (χ4n) is 1.85. The van der Waals surface area contributed by atoms with E-state index in [4.69, 9.17) is 0 Å². The summed E-state index contributed by atoms with van der Waals surface area (Å²) in [5, 5.41) is 5.82. The Morgan fingerprint density at radius 2 is 2.18 bits per heavy atom. The van der Waals surface area contributed by atoms with Gasteiger partial charge in [0.05, 0.1) is 5.69 Å². The molecule has 0 spiro atoms. The van der Waals surface area contributed by atoms with Crippen molar-refractivity contribution >= 4 is 17.3 Å². The number of anilines is 2. The molecule has 1 aromatic rings. The van der Waals surface area contributed by atoms with Crippen LogP contribution in [0, 0.1) is 11.7 Å². The molecule has 1 aliphatic heterocycles. The van der Waals surface area contributed by atoms with Crippen molar-refractivity contribution in [2.75, 3.05) is 17.2 Å². The number of benzene rings is 1. The maximum Gasteiger partial charge on any atom is 0.224 e. The van der Waals surface area contributed by atoms with Crippen LogP contribution in [-0.4, -0.2) is 12.5 Å². The maximum atomic E-state index is 13.7. The first kappa shape index (κ1) is 11.9. The number of halogens is 1. The van der Waals surface area contributed by atoms with Gasteiger partial charge in [-0.05, 0) is 30.0 Å². The number of rotatable bonds is 3. The smallest absolute Gasteiger partial charge is 0.224 e. The Labute approximate surface area is 100 Å². The van der Waals surface area contributed by atoms with E-state index >= 15 is 0 Å². The summed E-state index contributed by atoms with van der Waals surface area (Å²) in [5.74, 6) is 0.194. The van der Waals surface area contributed by atoms with Crippen LogP contribution in [0.25, 0.3) is 0 Å². The molecule has 0 aromatic heterocycles. The van der Waals surface area contributed by atoms with Gasteiger partial charge in [0.2, 0.25) is 5.91 Å². The molecule has 92 valence electrons. The number of aryl methyl sites for hydroxylation is 1. The summed E-state index contributed by atoms with van der Waals surface area (Å²) in [6.45, 7) is 4.83. The zero-order chi connectivity index (χ0) is 12.4. The fourth-order valence-corrected chi connectivity index (χ4v) is 1.85. The van der Waals surface area contributed by atoms with Crippen LogP contribution in [0.2, 0.25) is 0 Å². The highest BCUT2D eigenvalue weighted by molar-refractivity contribution is 5.94. The first-order chi connectivity index (χ1) is 8.06. The topological polar surface area (TPSA) is 41.1 Å². The van der Waals surface area contributed by atoms with E-state index in [1.165, 1.54) is 6.07 Å². The first-order valence-electron chi connectivity index (χ1n) is 5.92. The van der Waals surface area contributed by atoms with Crippen molar-refractivity contribution in [3.63, 3.8) is 0 Å². The van der Waals surface area contributed by atoms with Gasteiger partial charge in [-0.25, -0.2) is 4.39 Å². The molecular formula is C13H17FN2O. The Kier molecular flexibility index (Phi) is 3.31. The van der Waals surface area contributed by atoms with E-state index < -0.39 is 0 Å². The lowest BCUT2D eigenvalue weighted by molar-refractivity contribution is -0.116. The highest BCUT2D eigenvalue weighted by Crippen LogP contribution is 2.28. The lowest BCUT2D eigenvalue weighted by Gasteiger charge is -2.19. The molecule has 3 nitrogen and oxygen atoms in total. The zero-order valence-corrected chi connectivity index (χ0v) is 10.1. The van der Waals surface area contributed by atoms with E-state index in [1.54, 1.807) is 6.07 Å². The van der Waals surface area contributed by atoms with Gasteiger partial charge in [-0.15, -0.1) is 0 Å². The highest BCUT2D eigenvalue weighted by Gasteiger charge is 2.17. The van der Waals surface area contributed by atoms with Gasteiger partial charge in [-0.1, -0.05) is 13.8 Å². The number of hydrogen-bond acceptors (Lipinski definition) is 2. The third-order valence-electron chi connectivity index (χ3n) is 2.79. The molecule has 0 fully saturated rings. The van der Waals surface area contributed by atoms with E-state index in [-0.39, 0.29) is 11.7 Å². The van der Waals surface area contributed by atoms with Crippen molar-refractivity contribution in [3.8, 4) is 0 Å². The summed E-state index contributed by atoms with van der Waals surface area (Å²) in [4.78, 5) is 11.3. The number of carbonyl (C=O) groups is 1. The second-order valence-corrected chi connectivity index (χ2v) is 4.81. The molecule has 2 N–H and O–H groups in total. The Bertz CT molecular complexity index is 443. The zero-order valence-electron chi connectivity index (χ0n) is 10.1. The van der Waals surface area contributed by atoms with Gasteiger partial charge in [0.1, 0.15) is 5.82 Å². The van der Waals surface area contributed by atoms with Crippen LogP contribution in [0.3, 0.4) is 0 Å². The third kappa shape index (κ3) is 2.75. The summed E-state index contributed by atoms with van der Waals surface area (Å²) >= 11 is 0. The molecule has 0 aliphatic carbocycles. The predicted octanol–water partition coefficient (Wildman–Crippen LogP) is 2.78. The van der Waals surface area contributed by atoms with E-state index in [0.29, 0.717) is 31.0 Å². The molecule has 0 atom stereocenters. The van der Waals surface area contributed by atoms with Gasteiger partial charge in [-0.2, -0.15) is 0 Å².